The van der Waals surface area contributed by atoms with Gasteiger partial charge in [-0.25, -0.2) is 9.36 Å². The summed E-state index contributed by atoms with van der Waals surface area (Å²) in [5.74, 6) is -2.76. The van der Waals surface area contributed by atoms with Crippen molar-refractivity contribution < 1.29 is 42.3 Å². The fraction of sp³-hybridized carbons (Fsp3) is 0.500. The second-order valence-corrected chi connectivity index (χ2v) is 2.34. The predicted molar refractivity (Wildman–Crippen MR) is 28.0 cm³/mol. The number of carboxylic acids is 1. The molecule has 0 aliphatic rings. The SMILES string of the molecule is O=C(O)C(F)(F)F.O=P(O)(O)O. The van der Waals surface area contributed by atoms with Crippen molar-refractivity contribution >= 4 is 13.8 Å². The standard InChI is InChI=1S/C2HF3O2.H3O4P/c3-2(4,5)1(6)7;1-5(2,3)4/h(H,6,7);(H3,1,2,3,4). The third kappa shape index (κ3) is 22.8. The molecule has 0 atom stereocenters. The van der Waals surface area contributed by atoms with Gasteiger partial charge in [0.1, 0.15) is 0 Å². The first-order valence-electron chi connectivity index (χ1n) is 2.03. The Kier molecular flexibility index (Phi) is 5.12. The molecule has 74 valence electrons. The van der Waals surface area contributed by atoms with Gasteiger partial charge >= 0.3 is 20.0 Å². The van der Waals surface area contributed by atoms with Gasteiger partial charge in [-0.2, -0.15) is 13.2 Å². The Morgan fingerprint density at radius 3 is 1.25 bits per heavy atom. The number of halogens is 3. The van der Waals surface area contributed by atoms with Gasteiger partial charge in [-0.1, -0.05) is 0 Å². The molecule has 0 aromatic rings. The Morgan fingerprint density at radius 1 is 1.17 bits per heavy atom. The Morgan fingerprint density at radius 2 is 1.25 bits per heavy atom. The van der Waals surface area contributed by atoms with Gasteiger partial charge in [0.2, 0.25) is 0 Å². The van der Waals surface area contributed by atoms with Crippen molar-refractivity contribution in [2.75, 3.05) is 0 Å². The molecule has 10 heteroatoms. The van der Waals surface area contributed by atoms with E-state index in [2.05, 4.69) is 0 Å². The van der Waals surface area contributed by atoms with Gasteiger partial charge < -0.3 is 19.8 Å². The molecular formula is C2H4F3O6P. The van der Waals surface area contributed by atoms with Crippen LogP contribution >= 0.6 is 7.82 Å². The van der Waals surface area contributed by atoms with Gasteiger partial charge in [-0.15, -0.1) is 0 Å². The first-order chi connectivity index (χ1) is 4.94. The van der Waals surface area contributed by atoms with Crippen LogP contribution in [-0.4, -0.2) is 31.9 Å². The molecule has 6 nitrogen and oxygen atoms in total. The molecule has 0 spiro atoms. The number of rotatable bonds is 0. The summed E-state index contributed by atoms with van der Waals surface area (Å²) in [5, 5.41) is 7.12. The fourth-order valence-electron chi connectivity index (χ4n) is 0. The lowest BCUT2D eigenvalue weighted by atomic mass is 10.7. The number of alkyl halides is 3. The molecule has 0 aromatic carbocycles. The number of phosphoric acid groups is 1. The summed E-state index contributed by atoms with van der Waals surface area (Å²) in [7, 11) is -4.64. The third-order valence-electron chi connectivity index (χ3n) is 0.243. The van der Waals surface area contributed by atoms with Crippen LogP contribution in [0.4, 0.5) is 13.2 Å². The van der Waals surface area contributed by atoms with Gasteiger partial charge in [-0.05, 0) is 0 Å². The van der Waals surface area contributed by atoms with E-state index in [1.807, 2.05) is 0 Å². The molecule has 0 rings (SSSR count). The highest BCUT2D eigenvalue weighted by Gasteiger charge is 2.38. The topological polar surface area (TPSA) is 115 Å². The molecule has 0 unspecified atom stereocenters. The zero-order valence-electron chi connectivity index (χ0n) is 5.19. The fourth-order valence-corrected chi connectivity index (χ4v) is 0. The Bertz CT molecular complexity index is 183. The summed E-state index contributed by atoms with van der Waals surface area (Å²) >= 11 is 0. The van der Waals surface area contributed by atoms with Crippen molar-refractivity contribution in [1.82, 2.24) is 0 Å². The first kappa shape index (κ1) is 13.9. The van der Waals surface area contributed by atoms with Crippen molar-refractivity contribution in [3.63, 3.8) is 0 Å². The summed E-state index contributed by atoms with van der Waals surface area (Å²) in [4.78, 5) is 30.5. The van der Waals surface area contributed by atoms with Crippen molar-refractivity contribution in [3.05, 3.63) is 0 Å². The highest BCUT2D eigenvalue weighted by Crippen LogP contribution is 2.25. The zero-order valence-corrected chi connectivity index (χ0v) is 6.08. The van der Waals surface area contributed by atoms with Crippen LogP contribution in [0.15, 0.2) is 0 Å². The smallest absolute Gasteiger partial charge is 0.475 e. The second kappa shape index (κ2) is 4.41. The molecule has 0 saturated carbocycles. The van der Waals surface area contributed by atoms with Gasteiger partial charge in [-0.3, -0.25) is 0 Å². The normalized spacial score (nSPS) is 11.5. The van der Waals surface area contributed by atoms with E-state index < -0.39 is 20.0 Å². The quantitative estimate of drug-likeness (QED) is 0.410. The van der Waals surface area contributed by atoms with Crippen LogP contribution in [0.2, 0.25) is 0 Å². The van der Waals surface area contributed by atoms with Crippen molar-refractivity contribution in [2.45, 2.75) is 6.18 Å². The van der Waals surface area contributed by atoms with Crippen molar-refractivity contribution in [1.29, 1.82) is 0 Å². The molecule has 0 heterocycles. The Hall–Kier alpha value is -0.630. The minimum absolute atomic E-state index is 2.76. The first-order valence-corrected chi connectivity index (χ1v) is 3.59. The maximum Gasteiger partial charge on any atom is 0.490 e. The maximum absolute atomic E-state index is 10.6. The van der Waals surface area contributed by atoms with E-state index in [0.29, 0.717) is 0 Å². The van der Waals surface area contributed by atoms with Crippen LogP contribution in [0.3, 0.4) is 0 Å². The van der Waals surface area contributed by atoms with Gasteiger partial charge in [0.05, 0.1) is 0 Å². The number of aliphatic carboxylic acids is 1. The van der Waals surface area contributed by atoms with Crippen LogP contribution in [-0.2, 0) is 9.36 Å². The van der Waals surface area contributed by atoms with Crippen molar-refractivity contribution in [3.8, 4) is 0 Å². The zero-order chi connectivity index (χ0) is 10.6. The largest absolute Gasteiger partial charge is 0.490 e. The van der Waals surface area contributed by atoms with Crippen LogP contribution in [0.5, 0.6) is 0 Å². The van der Waals surface area contributed by atoms with E-state index in [-0.39, 0.29) is 0 Å². The maximum atomic E-state index is 10.6. The molecular weight excluding hydrogens is 208 g/mol. The van der Waals surface area contributed by atoms with Crippen molar-refractivity contribution in [2.24, 2.45) is 0 Å². The second-order valence-electron chi connectivity index (χ2n) is 1.32. The van der Waals surface area contributed by atoms with E-state index in [0.717, 1.165) is 0 Å². The average Bonchev–Trinajstić information content (AvgIpc) is 1.55. The molecule has 0 saturated heterocycles. The molecule has 0 radical (unpaired) electrons. The Balaban J connectivity index is 0. The monoisotopic (exact) mass is 212 g/mol. The predicted octanol–water partition coefficient (Wildman–Crippen LogP) is -0.295. The molecule has 0 aromatic heterocycles. The highest BCUT2D eigenvalue weighted by molar-refractivity contribution is 7.45. The van der Waals surface area contributed by atoms with Gasteiger partial charge in [0, 0.05) is 0 Å². The lowest BCUT2D eigenvalue weighted by Crippen LogP contribution is -2.21. The summed E-state index contributed by atoms with van der Waals surface area (Å²) in [6.07, 6.45) is -5.08. The summed E-state index contributed by atoms with van der Waals surface area (Å²) in [5.41, 5.74) is 0. The molecule has 12 heavy (non-hydrogen) atoms. The minimum atomic E-state index is -5.08. The number of carbonyl (C=O) groups is 1. The van der Waals surface area contributed by atoms with Crippen LogP contribution in [0.1, 0.15) is 0 Å². The van der Waals surface area contributed by atoms with E-state index in [9.17, 15) is 13.2 Å². The van der Waals surface area contributed by atoms with Crippen LogP contribution in [0.25, 0.3) is 0 Å². The summed E-state index contributed by atoms with van der Waals surface area (Å²) < 4.78 is 40.6. The lowest BCUT2D eigenvalue weighted by Gasteiger charge is -1.93. The van der Waals surface area contributed by atoms with Crippen LogP contribution < -0.4 is 0 Å². The van der Waals surface area contributed by atoms with E-state index in [1.165, 1.54) is 0 Å². The summed E-state index contributed by atoms with van der Waals surface area (Å²) in [6.45, 7) is 0. The van der Waals surface area contributed by atoms with Crippen LogP contribution in [0, 0.1) is 0 Å². The molecule has 0 bridgehead atoms. The minimum Gasteiger partial charge on any atom is -0.475 e. The molecule has 4 N–H and O–H groups in total. The average molecular weight is 212 g/mol. The van der Waals surface area contributed by atoms with Gasteiger partial charge in [0.25, 0.3) is 0 Å². The molecule has 0 aliphatic heterocycles. The lowest BCUT2D eigenvalue weighted by molar-refractivity contribution is -0.192. The molecule has 0 fully saturated rings. The number of hydrogen-bond donors (Lipinski definition) is 4. The van der Waals surface area contributed by atoms with E-state index in [4.69, 9.17) is 29.1 Å². The summed E-state index contributed by atoms with van der Waals surface area (Å²) in [6, 6.07) is 0. The number of hydrogen-bond acceptors (Lipinski definition) is 2. The van der Waals surface area contributed by atoms with E-state index >= 15 is 0 Å². The Labute approximate surface area is 63.5 Å². The number of carboxylic acid groups (broad SMARTS) is 1. The highest BCUT2D eigenvalue weighted by atomic mass is 31.2. The molecule has 0 aliphatic carbocycles. The third-order valence-corrected chi connectivity index (χ3v) is 0.243. The molecule has 0 amide bonds. The van der Waals surface area contributed by atoms with Gasteiger partial charge in [0.15, 0.2) is 0 Å². The van der Waals surface area contributed by atoms with E-state index in [1.54, 1.807) is 0 Å².